The number of tetrazole rings is 1. The van der Waals surface area contributed by atoms with Gasteiger partial charge in [0.25, 0.3) is 0 Å². The van der Waals surface area contributed by atoms with Crippen molar-refractivity contribution in [2.45, 2.75) is 13.5 Å². The fourth-order valence-corrected chi connectivity index (χ4v) is 1.39. The number of carbonyl (C=O) groups excluding carboxylic acids is 2. The van der Waals surface area contributed by atoms with E-state index in [1.807, 2.05) is 0 Å². The zero-order valence-electron chi connectivity index (χ0n) is 9.70. The lowest BCUT2D eigenvalue weighted by molar-refractivity contribution is -0.116. The van der Waals surface area contributed by atoms with Crippen LogP contribution in [0.5, 0.6) is 0 Å². The smallest absolute Gasteiger partial charge is 0.246 e. The molecule has 92 valence electrons. The first kappa shape index (κ1) is 11.9. The SMILES string of the molecule is CC(=O)c1ccc(NC(=O)Cn2cnnn2)cc1. The van der Waals surface area contributed by atoms with Crippen LogP contribution in [0, 0.1) is 0 Å². The van der Waals surface area contributed by atoms with Crippen LogP contribution in [-0.2, 0) is 11.3 Å². The highest BCUT2D eigenvalue weighted by Gasteiger charge is 2.05. The van der Waals surface area contributed by atoms with Crippen molar-refractivity contribution < 1.29 is 9.59 Å². The normalized spacial score (nSPS) is 10.1. The van der Waals surface area contributed by atoms with Crippen molar-refractivity contribution >= 4 is 17.4 Å². The lowest BCUT2D eigenvalue weighted by Crippen LogP contribution is -2.19. The van der Waals surface area contributed by atoms with E-state index in [1.54, 1.807) is 24.3 Å². The second-order valence-electron chi connectivity index (χ2n) is 3.69. The molecule has 0 aliphatic rings. The van der Waals surface area contributed by atoms with Gasteiger partial charge in [0.1, 0.15) is 12.9 Å². The summed E-state index contributed by atoms with van der Waals surface area (Å²) in [5, 5.41) is 13.1. The van der Waals surface area contributed by atoms with Crippen LogP contribution in [0.15, 0.2) is 30.6 Å². The Bertz CT molecular complexity index is 547. The van der Waals surface area contributed by atoms with E-state index in [0.29, 0.717) is 11.3 Å². The lowest BCUT2D eigenvalue weighted by atomic mass is 10.1. The largest absolute Gasteiger partial charge is 0.324 e. The number of benzene rings is 1. The van der Waals surface area contributed by atoms with Gasteiger partial charge in [-0.15, -0.1) is 5.10 Å². The van der Waals surface area contributed by atoms with Gasteiger partial charge < -0.3 is 5.32 Å². The maximum atomic E-state index is 11.6. The number of aromatic nitrogens is 4. The van der Waals surface area contributed by atoms with Gasteiger partial charge in [0.2, 0.25) is 5.91 Å². The number of Topliss-reactive ketones (excluding diaryl/α,β-unsaturated/α-hetero) is 1. The molecule has 0 aliphatic carbocycles. The molecule has 0 fully saturated rings. The number of nitrogens with one attached hydrogen (secondary N) is 1. The number of carbonyl (C=O) groups is 2. The quantitative estimate of drug-likeness (QED) is 0.793. The standard InChI is InChI=1S/C11H11N5O2/c1-8(17)9-2-4-10(5-3-9)13-11(18)6-16-7-12-14-15-16/h2-5,7H,6H2,1H3,(H,13,18). The zero-order chi connectivity index (χ0) is 13.0. The number of nitrogens with zero attached hydrogens (tertiary/aromatic N) is 4. The Labute approximate surface area is 103 Å². The fraction of sp³-hybridized carbons (Fsp3) is 0.182. The summed E-state index contributed by atoms with van der Waals surface area (Å²) in [6.07, 6.45) is 1.36. The first-order valence-electron chi connectivity index (χ1n) is 5.27. The van der Waals surface area contributed by atoms with Crippen LogP contribution in [0.25, 0.3) is 0 Å². The van der Waals surface area contributed by atoms with Crippen molar-refractivity contribution in [1.29, 1.82) is 0 Å². The monoisotopic (exact) mass is 245 g/mol. The van der Waals surface area contributed by atoms with Crippen molar-refractivity contribution in [2.24, 2.45) is 0 Å². The van der Waals surface area contributed by atoms with E-state index in [2.05, 4.69) is 20.8 Å². The molecule has 1 aromatic carbocycles. The third kappa shape index (κ3) is 2.97. The molecular weight excluding hydrogens is 234 g/mol. The number of hydrogen-bond acceptors (Lipinski definition) is 5. The van der Waals surface area contributed by atoms with Crippen molar-refractivity contribution in [3.05, 3.63) is 36.2 Å². The Morgan fingerprint density at radius 1 is 1.28 bits per heavy atom. The Morgan fingerprint density at radius 3 is 2.56 bits per heavy atom. The van der Waals surface area contributed by atoms with Gasteiger partial charge in [-0.05, 0) is 41.6 Å². The first-order valence-corrected chi connectivity index (χ1v) is 5.27. The third-order valence-electron chi connectivity index (χ3n) is 2.27. The number of ketones is 1. The molecule has 1 aromatic heterocycles. The first-order chi connectivity index (χ1) is 8.65. The van der Waals surface area contributed by atoms with Crippen LogP contribution in [0.2, 0.25) is 0 Å². The zero-order valence-corrected chi connectivity index (χ0v) is 9.70. The van der Waals surface area contributed by atoms with Crippen molar-refractivity contribution in [2.75, 3.05) is 5.32 Å². The molecule has 0 atom stereocenters. The molecule has 7 heteroatoms. The maximum absolute atomic E-state index is 11.6. The Morgan fingerprint density at radius 2 is 2.00 bits per heavy atom. The van der Waals surface area contributed by atoms with E-state index >= 15 is 0 Å². The van der Waals surface area contributed by atoms with Gasteiger partial charge in [-0.3, -0.25) is 9.59 Å². The van der Waals surface area contributed by atoms with E-state index in [4.69, 9.17) is 0 Å². The summed E-state index contributed by atoms with van der Waals surface area (Å²) in [6, 6.07) is 6.67. The molecular formula is C11H11N5O2. The van der Waals surface area contributed by atoms with E-state index in [9.17, 15) is 9.59 Å². The van der Waals surface area contributed by atoms with Crippen LogP contribution in [0.1, 0.15) is 17.3 Å². The molecule has 0 spiro atoms. The van der Waals surface area contributed by atoms with Crippen molar-refractivity contribution in [3.63, 3.8) is 0 Å². The average Bonchev–Trinajstić information content (AvgIpc) is 2.82. The number of hydrogen-bond donors (Lipinski definition) is 1. The highest BCUT2D eigenvalue weighted by Crippen LogP contribution is 2.09. The van der Waals surface area contributed by atoms with Crippen LogP contribution >= 0.6 is 0 Å². The molecule has 7 nitrogen and oxygen atoms in total. The number of anilines is 1. The Hall–Kier alpha value is -2.57. The summed E-state index contributed by atoms with van der Waals surface area (Å²) >= 11 is 0. The van der Waals surface area contributed by atoms with E-state index in [0.717, 1.165) is 0 Å². The van der Waals surface area contributed by atoms with Crippen LogP contribution in [-0.4, -0.2) is 31.9 Å². The van der Waals surface area contributed by atoms with E-state index < -0.39 is 0 Å². The molecule has 0 saturated carbocycles. The minimum atomic E-state index is -0.238. The molecule has 0 bridgehead atoms. The minimum Gasteiger partial charge on any atom is -0.324 e. The molecule has 18 heavy (non-hydrogen) atoms. The molecule has 2 aromatic rings. The summed E-state index contributed by atoms with van der Waals surface area (Å²) < 4.78 is 1.32. The molecule has 0 aliphatic heterocycles. The Kier molecular flexibility index (Phi) is 3.42. The molecule has 1 N–H and O–H groups in total. The van der Waals surface area contributed by atoms with Gasteiger partial charge in [-0.2, -0.15) is 0 Å². The lowest BCUT2D eigenvalue weighted by Gasteiger charge is -2.05. The summed E-state index contributed by atoms with van der Waals surface area (Å²) in [5.41, 5.74) is 1.23. The maximum Gasteiger partial charge on any atom is 0.246 e. The summed E-state index contributed by atoms with van der Waals surface area (Å²) in [5.74, 6) is -0.251. The Balaban J connectivity index is 1.97. The number of rotatable bonds is 4. The second kappa shape index (κ2) is 5.17. The van der Waals surface area contributed by atoms with Crippen molar-refractivity contribution in [3.8, 4) is 0 Å². The van der Waals surface area contributed by atoms with Crippen molar-refractivity contribution in [1.82, 2.24) is 20.2 Å². The van der Waals surface area contributed by atoms with Crippen LogP contribution in [0.3, 0.4) is 0 Å². The second-order valence-corrected chi connectivity index (χ2v) is 3.69. The van der Waals surface area contributed by atoms with Gasteiger partial charge in [-0.25, -0.2) is 4.68 Å². The van der Waals surface area contributed by atoms with Crippen LogP contribution in [0.4, 0.5) is 5.69 Å². The molecule has 0 radical (unpaired) electrons. The number of amides is 1. The summed E-state index contributed by atoms with van der Waals surface area (Å²) in [6.45, 7) is 1.53. The predicted octanol–water partition coefficient (Wildman–Crippen LogP) is 0.514. The predicted molar refractivity (Wildman–Crippen MR) is 62.9 cm³/mol. The third-order valence-corrected chi connectivity index (χ3v) is 2.27. The molecule has 1 amide bonds. The molecule has 2 rings (SSSR count). The van der Waals surface area contributed by atoms with Gasteiger partial charge in [-0.1, -0.05) is 0 Å². The van der Waals surface area contributed by atoms with Gasteiger partial charge in [0.15, 0.2) is 5.78 Å². The molecule has 0 saturated heterocycles. The van der Waals surface area contributed by atoms with Gasteiger partial charge >= 0.3 is 0 Å². The highest BCUT2D eigenvalue weighted by atomic mass is 16.2. The highest BCUT2D eigenvalue weighted by molar-refractivity contribution is 5.95. The van der Waals surface area contributed by atoms with E-state index in [-0.39, 0.29) is 18.2 Å². The molecule has 0 unspecified atom stereocenters. The molecule has 1 heterocycles. The van der Waals surface area contributed by atoms with E-state index in [1.165, 1.54) is 17.9 Å². The van der Waals surface area contributed by atoms with Gasteiger partial charge in [0.05, 0.1) is 0 Å². The van der Waals surface area contributed by atoms with Crippen LogP contribution < -0.4 is 5.32 Å². The minimum absolute atomic E-state index is 0.0124. The topological polar surface area (TPSA) is 89.8 Å². The average molecular weight is 245 g/mol. The fourth-order valence-electron chi connectivity index (χ4n) is 1.39. The van der Waals surface area contributed by atoms with Gasteiger partial charge in [0, 0.05) is 11.3 Å². The summed E-state index contributed by atoms with van der Waals surface area (Å²) in [7, 11) is 0. The summed E-state index contributed by atoms with van der Waals surface area (Å²) in [4.78, 5) is 22.7.